The molecule has 1 N–H and O–H groups in total. The van der Waals surface area contributed by atoms with E-state index in [2.05, 4.69) is 10.1 Å². The molecule has 1 atom stereocenters. The third-order valence-corrected chi connectivity index (χ3v) is 2.02. The van der Waals surface area contributed by atoms with E-state index in [1.54, 1.807) is 27.7 Å². The van der Waals surface area contributed by atoms with E-state index in [-0.39, 0.29) is 18.6 Å². The molecule has 6 heteroatoms. The summed E-state index contributed by atoms with van der Waals surface area (Å²) in [5, 5.41) is 2.42. The zero-order chi connectivity index (χ0) is 14.3. The van der Waals surface area contributed by atoms with Gasteiger partial charge in [0.05, 0.1) is 19.6 Å². The number of ketones is 1. The minimum atomic E-state index is -0.690. The second kappa shape index (κ2) is 6.98. The van der Waals surface area contributed by atoms with Gasteiger partial charge in [0.1, 0.15) is 5.60 Å². The van der Waals surface area contributed by atoms with E-state index in [4.69, 9.17) is 4.74 Å². The van der Waals surface area contributed by atoms with E-state index in [0.717, 1.165) is 0 Å². The van der Waals surface area contributed by atoms with Gasteiger partial charge in [0, 0.05) is 6.42 Å². The molecule has 0 bridgehead atoms. The topological polar surface area (TPSA) is 81.7 Å². The van der Waals surface area contributed by atoms with Crippen LogP contribution in [0.1, 0.15) is 40.5 Å². The number of ether oxygens (including phenoxy) is 2. The van der Waals surface area contributed by atoms with Crippen LogP contribution in [0.3, 0.4) is 0 Å². The fourth-order valence-corrected chi connectivity index (χ4v) is 1.11. The Kier molecular flexibility index (Phi) is 6.36. The van der Waals surface area contributed by atoms with Crippen molar-refractivity contribution >= 4 is 17.8 Å². The summed E-state index contributed by atoms with van der Waals surface area (Å²) in [5.74, 6) is -0.695. The Balaban J connectivity index is 4.08. The molecule has 6 nitrogen and oxygen atoms in total. The Morgan fingerprint density at radius 1 is 1.17 bits per heavy atom. The summed E-state index contributed by atoms with van der Waals surface area (Å²) in [5.41, 5.74) is -0.612. The number of rotatable bonds is 5. The summed E-state index contributed by atoms with van der Waals surface area (Å²) in [6, 6.07) is -0.690. The van der Waals surface area contributed by atoms with Crippen molar-refractivity contribution in [2.24, 2.45) is 0 Å². The molecule has 0 radical (unpaired) electrons. The van der Waals surface area contributed by atoms with Crippen molar-refractivity contribution in [3.63, 3.8) is 0 Å². The number of amides is 1. The zero-order valence-corrected chi connectivity index (χ0v) is 11.5. The monoisotopic (exact) mass is 259 g/mol. The predicted octanol–water partition coefficient (Wildman–Crippen LogP) is 1.42. The number of carbonyl (C=O) groups is 3. The van der Waals surface area contributed by atoms with Crippen LogP contribution in [0.15, 0.2) is 0 Å². The number of Topliss-reactive ketones (excluding diaryl/α,β-unsaturated/α-hetero) is 1. The lowest BCUT2D eigenvalue weighted by Gasteiger charge is -2.21. The van der Waals surface area contributed by atoms with E-state index in [9.17, 15) is 14.4 Å². The highest BCUT2D eigenvalue weighted by molar-refractivity contribution is 5.89. The molecular weight excluding hydrogens is 238 g/mol. The van der Waals surface area contributed by atoms with E-state index in [1.807, 2.05) is 0 Å². The first-order valence-electron chi connectivity index (χ1n) is 5.74. The average molecular weight is 259 g/mol. The van der Waals surface area contributed by atoms with Gasteiger partial charge in [-0.1, -0.05) is 0 Å². The molecule has 0 fully saturated rings. The fraction of sp³-hybridized carbons (Fsp3) is 0.750. The molecule has 0 spiro atoms. The largest absolute Gasteiger partial charge is 0.469 e. The summed E-state index contributed by atoms with van der Waals surface area (Å²) >= 11 is 0. The lowest BCUT2D eigenvalue weighted by atomic mass is 10.1. The van der Waals surface area contributed by atoms with Crippen molar-refractivity contribution in [1.29, 1.82) is 0 Å². The first-order chi connectivity index (χ1) is 8.15. The Morgan fingerprint density at radius 2 is 1.72 bits per heavy atom. The Bertz CT molecular complexity index is 319. The SMILES string of the molecule is COC(=O)CCC(=O)[C@@H](C)NC(=O)OC(C)(C)C. The molecule has 0 aliphatic carbocycles. The normalized spacial score (nSPS) is 12.5. The molecule has 0 aliphatic rings. The summed E-state index contributed by atoms with van der Waals surface area (Å²) in [4.78, 5) is 33.8. The number of carbonyl (C=O) groups excluding carboxylic acids is 3. The molecule has 1 amide bonds. The van der Waals surface area contributed by atoms with Crippen molar-refractivity contribution in [3.05, 3.63) is 0 Å². The van der Waals surface area contributed by atoms with Gasteiger partial charge in [-0.15, -0.1) is 0 Å². The highest BCUT2D eigenvalue weighted by Gasteiger charge is 2.21. The predicted molar refractivity (Wildman–Crippen MR) is 65.1 cm³/mol. The molecule has 0 aromatic rings. The molecule has 0 aliphatic heterocycles. The van der Waals surface area contributed by atoms with Gasteiger partial charge in [0.25, 0.3) is 0 Å². The maximum absolute atomic E-state index is 11.6. The molecule has 104 valence electrons. The van der Waals surface area contributed by atoms with E-state index in [1.165, 1.54) is 7.11 Å². The van der Waals surface area contributed by atoms with Crippen molar-refractivity contribution < 1.29 is 23.9 Å². The molecule has 0 aromatic carbocycles. The van der Waals surface area contributed by atoms with Crippen LogP contribution in [-0.4, -0.2) is 36.6 Å². The second-order valence-corrected chi connectivity index (χ2v) is 4.91. The molecular formula is C12H21NO5. The van der Waals surface area contributed by atoms with E-state index < -0.39 is 23.7 Å². The van der Waals surface area contributed by atoms with Crippen molar-refractivity contribution in [1.82, 2.24) is 5.32 Å². The third kappa shape index (κ3) is 7.65. The molecule has 0 saturated heterocycles. The van der Waals surface area contributed by atoms with Gasteiger partial charge in [0.2, 0.25) is 0 Å². The number of hydrogen-bond acceptors (Lipinski definition) is 5. The zero-order valence-electron chi connectivity index (χ0n) is 11.5. The summed E-state index contributed by atoms with van der Waals surface area (Å²) in [6.45, 7) is 6.74. The van der Waals surface area contributed by atoms with E-state index >= 15 is 0 Å². The van der Waals surface area contributed by atoms with Crippen LogP contribution in [0, 0.1) is 0 Å². The standard InChI is InChI=1S/C12H21NO5/c1-8(9(14)6-7-10(15)17-5)13-11(16)18-12(2,3)4/h8H,6-7H2,1-5H3,(H,13,16)/t8-/m1/s1. The van der Waals surface area contributed by atoms with Crippen LogP contribution in [0.4, 0.5) is 4.79 Å². The smallest absolute Gasteiger partial charge is 0.408 e. The van der Waals surface area contributed by atoms with Crippen LogP contribution in [0.2, 0.25) is 0 Å². The van der Waals surface area contributed by atoms with Crippen LogP contribution in [0.5, 0.6) is 0 Å². The number of nitrogens with one attached hydrogen (secondary N) is 1. The molecule has 0 aromatic heterocycles. The van der Waals surface area contributed by atoms with Gasteiger partial charge in [-0.05, 0) is 27.7 Å². The lowest BCUT2D eigenvalue weighted by Crippen LogP contribution is -2.41. The van der Waals surface area contributed by atoms with Gasteiger partial charge in [-0.25, -0.2) is 4.79 Å². The first kappa shape index (κ1) is 16.4. The molecule has 18 heavy (non-hydrogen) atoms. The quantitative estimate of drug-likeness (QED) is 0.755. The van der Waals surface area contributed by atoms with Crippen molar-refractivity contribution in [2.75, 3.05) is 7.11 Å². The number of hydrogen-bond donors (Lipinski definition) is 1. The molecule has 0 heterocycles. The Hall–Kier alpha value is -1.59. The van der Waals surface area contributed by atoms with Crippen molar-refractivity contribution in [2.45, 2.75) is 52.2 Å². The average Bonchev–Trinajstić information content (AvgIpc) is 2.22. The highest BCUT2D eigenvalue weighted by Crippen LogP contribution is 2.07. The minimum Gasteiger partial charge on any atom is -0.469 e. The second-order valence-electron chi connectivity index (χ2n) is 4.91. The fourth-order valence-electron chi connectivity index (χ4n) is 1.11. The Labute approximate surface area is 107 Å². The summed E-state index contributed by atoms with van der Waals surface area (Å²) < 4.78 is 9.44. The van der Waals surface area contributed by atoms with E-state index in [0.29, 0.717) is 0 Å². The van der Waals surface area contributed by atoms with Gasteiger partial charge >= 0.3 is 12.1 Å². The molecule has 0 rings (SSSR count). The van der Waals surface area contributed by atoms with Crippen LogP contribution in [0.25, 0.3) is 0 Å². The Morgan fingerprint density at radius 3 is 2.17 bits per heavy atom. The number of methoxy groups -OCH3 is 1. The minimum absolute atomic E-state index is 0.00960. The van der Waals surface area contributed by atoms with Crippen molar-refractivity contribution in [3.8, 4) is 0 Å². The van der Waals surface area contributed by atoms with Crippen LogP contribution >= 0.6 is 0 Å². The summed E-state index contributed by atoms with van der Waals surface area (Å²) in [7, 11) is 1.26. The van der Waals surface area contributed by atoms with Crippen LogP contribution in [-0.2, 0) is 19.1 Å². The van der Waals surface area contributed by atoms with Gasteiger partial charge in [0.15, 0.2) is 5.78 Å². The maximum Gasteiger partial charge on any atom is 0.408 e. The number of esters is 1. The van der Waals surface area contributed by atoms with Gasteiger partial charge in [-0.3, -0.25) is 9.59 Å². The third-order valence-electron chi connectivity index (χ3n) is 2.02. The highest BCUT2D eigenvalue weighted by atomic mass is 16.6. The van der Waals surface area contributed by atoms with Gasteiger partial charge in [-0.2, -0.15) is 0 Å². The molecule has 0 saturated carbocycles. The van der Waals surface area contributed by atoms with Crippen LogP contribution < -0.4 is 5.32 Å². The first-order valence-corrected chi connectivity index (χ1v) is 5.74. The molecule has 0 unspecified atom stereocenters. The van der Waals surface area contributed by atoms with Gasteiger partial charge < -0.3 is 14.8 Å². The summed E-state index contributed by atoms with van der Waals surface area (Å²) in [6.07, 6.45) is -0.610. The lowest BCUT2D eigenvalue weighted by molar-refractivity contribution is -0.142. The number of alkyl carbamates (subject to hydrolysis) is 1. The maximum atomic E-state index is 11.6.